The summed E-state index contributed by atoms with van der Waals surface area (Å²) in [6.45, 7) is 16.7. The van der Waals surface area contributed by atoms with Crippen molar-refractivity contribution in [3.8, 4) is 11.5 Å². The van der Waals surface area contributed by atoms with Gasteiger partial charge in [-0.05, 0) is 128 Å². The molecule has 244 valence electrons. The van der Waals surface area contributed by atoms with E-state index in [1.165, 1.54) is 11.1 Å². The van der Waals surface area contributed by atoms with E-state index in [4.69, 9.17) is 9.47 Å². The minimum atomic E-state index is -0.551. The highest BCUT2D eigenvalue weighted by molar-refractivity contribution is 5.91. The average Bonchev–Trinajstić information content (AvgIpc) is 3.56. The van der Waals surface area contributed by atoms with Crippen molar-refractivity contribution >= 4 is 11.9 Å². The topological polar surface area (TPSA) is 100 Å². The molecule has 2 aromatic carbocycles. The minimum absolute atomic E-state index is 0.0102. The molecule has 1 fully saturated rings. The summed E-state index contributed by atoms with van der Waals surface area (Å²) in [5.74, 6) is 1.43. The van der Waals surface area contributed by atoms with Crippen molar-refractivity contribution in [2.45, 2.75) is 106 Å². The molecule has 9 heteroatoms. The third-order valence-corrected chi connectivity index (χ3v) is 8.64. The van der Waals surface area contributed by atoms with Crippen LogP contribution in [0, 0.1) is 40.5 Å². The first kappa shape index (κ1) is 33.0. The Kier molecular flexibility index (Phi) is 9.70. The third kappa shape index (κ3) is 8.05. The van der Waals surface area contributed by atoms with Crippen molar-refractivity contribution < 1.29 is 19.1 Å². The molecule has 0 saturated heterocycles. The van der Waals surface area contributed by atoms with E-state index in [1.807, 2.05) is 82.8 Å². The number of aryl methyl sites for hydroxylation is 4. The van der Waals surface area contributed by atoms with Crippen LogP contribution in [0.4, 0.5) is 0 Å². The van der Waals surface area contributed by atoms with Crippen LogP contribution in [0.25, 0.3) is 0 Å². The zero-order chi connectivity index (χ0) is 33.2. The van der Waals surface area contributed by atoms with Crippen molar-refractivity contribution in [1.82, 2.24) is 24.9 Å². The van der Waals surface area contributed by atoms with E-state index in [2.05, 4.69) is 46.2 Å². The second-order valence-corrected chi connectivity index (χ2v) is 13.8. The molecule has 2 aromatic heterocycles. The predicted molar refractivity (Wildman–Crippen MR) is 178 cm³/mol. The van der Waals surface area contributed by atoms with Crippen LogP contribution in [0.15, 0.2) is 48.7 Å². The lowest BCUT2D eigenvalue weighted by Gasteiger charge is -2.27. The van der Waals surface area contributed by atoms with Crippen LogP contribution in [0.5, 0.6) is 11.5 Å². The van der Waals surface area contributed by atoms with Crippen molar-refractivity contribution in [1.29, 1.82) is 0 Å². The molecule has 0 radical (unpaired) electrons. The van der Waals surface area contributed by atoms with Crippen LogP contribution in [-0.2, 0) is 22.6 Å². The summed E-state index contributed by atoms with van der Waals surface area (Å²) >= 11 is 0. The summed E-state index contributed by atoms with van der Waals surface area (Å²) in [6, 6.07) is 14.3. The SMILES string of the molecule is Cc1cc(C)cc(Oc2ccc(CNC(=O)C3CCC(n4cc(Cn5c(C)cc(C(=O)OC(C)(C)C)c5C)nn4)CC3)cc2C)c1. The van der Waals surface area contributed by atoms with Crippen LogP contribution in [-0.4, -0.2) is 37.0 Å². The molecule has 9 nitrogen and oxygen atoms in total. The predicted octanol–water partition coefficient (Wildman–Crippen LogP) is 7.47. The molecule has 5 rings (SSSR count). The summed E-state index contributed by atoms with van der Waals surface area (Å²) in [6.07, 6.45) is 5.35. The number of carbonyl (C=O) groups is 2. The summed E-state index contributed by atoms with van der Waals surface area (Å²) in [4.78, 5) is 25.8. The van der Waals surface area contributed by atoms with Gasteiger partial charge in [-0.15, -0.1) is 5.10 Å². The van der Waals surface area contributed by atoms with Gasteiger partial charge in [-0.3, -0.25) is 4.79 Å². The molecule has 4 aromatic rings. The molecule has 1 aliphatic rings. The van der Waals surface area contributed by atoms with E-state index < -0.39 is 5.60 Å². The Morgan fingerprint density at radius 3 is 2.28 bits per heavy atom. The van der Waals surface area contributed by atoms with Crippen LogP contribution >= 0.6 is 0 Å². The molecular formula is C37H47N5O4. The number of ether oxygens (including phenoxy) is 2. The molecule has 0 spiro atoms. The third-order valence-electron chi connectivity index (χ3n) is 8.64. The van der Waals surface area contributed by atoms with Crippen molar-refractivity contribution in [2.75, 3.05) is 0 Å². The number of esters is 1. The molecule has 1 N–H and O–H groups in total. The maximum Gasteiger partial charge on any atom is 0.340 e. The largest absolute Gasteiger partial charge is 0.457 e. The molecule has 1 amide bonds. The molecule has 46 heavy (non-hydrogen) atoms. The first-order valence-corrected chi connectivity index (χ1v) is 16.2. The highest BCUT2D eigenvalue weighted by Crippen LogP contribution is 2.32. The van der Waals surface area contributed by atoms with Gasteiger partial charge in [-0.2, -0.15) is 0 Å². The molecule has 2 heterocycles. The Hall–Kier alpha value is -4.40. The van der Waals surface area contributed by atoms with Gasteiger partial charge in [-0.25, -0.2) is 9.48 Å². The lowest BCUT2D eigenvalue weighted by molar-refractivity contribution is -0.126. The fourth-order valence-electron chi connectivity index (χ4n) is 6.30. The lowest BCUT2D eigenvalue weighted by atomic mass is 9.85. The molecule has 0 aliphatic heterocycles. The van der Waals surface area contributed by atoms with E-state index in [-0.39, 0.29) is 23.8 Å². The lowest BCUT2D eigenvalue weighted by Crippen LogP contribution is -2.33. The summed E-state index contributed by atoms with van der Waals surface area (Å²) < 4.78 is 15.7. The zero-order valence-electron chi connectivity index (χ0n) is 28.4. The summed E-state index contributed by atoms with van der Waals surface area (Å²) in [7, 11) is 0. The first-order valence-electron chi connectivity index (χ1n) is 16.2. The Bertz CT molecular complexity index is 1700. The molecular weight excluding hydrogens is 578 g/mol. The van der Waals surface area contributed by atoms with Crippen LogP contribution in [0.3, 0.4) is 0 Å². The number of benzene rings is 2. The van der Waals surface area contributed by atoms with Gasteiger partial charge < -0.3 is 19.4 Å². The summed E-state index contributed by atoms with van der Waals surface area (Å²) in [5.41, 5.74) is 7.09. The maximum atomic E-state index is 13.1. The second-order valence-electron chi connectivity index (χ2n) is 13.8. The van der Waals surface area contributed by atoms with Gasteiger partial charge in [0.15, 0.2) is 0 Å². The monoisotopic (exact) mass is 625 g/mol. The van der Waals surface area contributed by atoms with Gasteiger partial charge >= 0.3 is 5.97 Å². The van der Waals surface area contributed by atoms with Gasteiger partial charge in [-0.1, -0.05) is 23.4 Å². The van der Waals surface area contributed by atoms with Gasteiger partial charge in [0.1, 0.15) is 22.8 Å². The quantitative estimate of drug-likeness (QED) is 0.194. The van der Waals surface area contributed by atoms with Crippen molar-refractivity contribution in [3.63, 3.8) is 0 Å². The molecule has 0 unspecified atom stereocenters. The zero-order valence-corrected chi connectivity index (χ0v) is 28.4. The highest BCUT2D eigenvalue weighted by atomic mass is 16.6. The number of carbonyl (C=O) groups excluding carboxylic acids is 2. The first-order chi connectivity index (χ1) is 21.8. The Labute approximate surface area is 272 Å². The van der Waals surface area contributed by atoms with E-state index in [0.29, 0.717) is 18.7 Å². The van der Waals surface area contributed by atoms with Gasteiger partial charge in [0.2, 0.25) is 5.91 Å². The van der Waals surface area contributed by atoms with Crippen LogP contribution < -0.4 is 10.1 Å². The number of rotatable bonds is 9. The van der Waals surface area contributed by atoms with Gasteiger partial charge in [0.05, 0.1) is 24.3 Å². The number of aromatic nitrogens is 4. The smallest absolute Gasteiger partial charge is 0.340 e. The Morgan fingerprint density at radius 2 is 1.63 bits per heavy atom. The number of hydrogen-bond acceptors (Lipinski definition) is 6. The molecule has 0 atom stereocenters. The van der Waals surface area contributed by atoms with E-state index in [1.54, 1.807) is 0 Å². The normalized spacial score (nSPS) is 16.7. The summed E-state index contributed by atoms with van der Waals surface area (Å²) in [5, 5.41) is 12.0. The average molecular weight is 626 g/mol. The second kappa shape index (κ2) is 13.5. The fourth-order valence-corrected chi connectivity index (χ4v) is 6.30. The standard InChI is InChI=1S/C37H47N5O4/c1-23-15-24(2)17-32(16-23)45-34-14-9-28(18-25(34)3)20-38-35(43)29-10-12-31(13-11-29)42-22-30(39-40-42)21-41-26(4)19-33(27(41)5)36(44)46-37(6,7)8/h9,14-19,22,29,31H,10-13,20-21H2,1-8H3,(H,38,43). The molecule has 0 bridgehead atoms. The van der Waals surface area contributed by atoms with Crippen molar-refractivity contribution in [3.05, 3.63) is 93.6 Å². The Balaban J connectivity index is 1.11. The molecule has 1 saturated carbocycles. The minimum Gasteiger partial charge on any atom is -0.457 e. The fraction of sp³-hybridized carbons (Fsp3) is 0.459. The van der Waals surface area contributed by atoms with E-state index in [0.717, 1.165) is 65.4 Å². The number of amides is 1. The molecule has 1 aliphatic carbocycles. The highest BCUT2D eigenvalue weighted by Gasteiger charge is 2.28. The van der Waals surface area contributed by atoms with Crippen LogP contribution in [0.2, 0.25) is 0 Å². The van der Waals surface area contributed by atoms with Gasteiger partial charge in [0.25, 0.3) is 0 Å². The number of hydrogen-bond donors (Lipinski definition) is 1. The van der Waals surface area contributed by atoms with Crippen LogP contribution in [0.1, 0.15) is 102 Å². The maximum absolute atomic E-state index is 13.1. The number of nitrogens with one attached hydrogen (secondary N) is 1. The van der Waals surface area contributed by atoms with E-state index in [9.17, 15) is 9.59 Å². The number of nitrogens with zero attached hydrogens (tertiary/aromatic N) is 4. The Morgan fingerprint density at radius 1 is 0.935 bits per heavy atom. The van der Waals surface area contributed by atoms with Gasteiger partial charge in [0, 0.05) is 23.9 Å². The van der Waals surface area contributed by atoms with Crippen molar-refractivity contribution in [2.24, 2.45) is 5.92 Å². The van der Waals surface area contributed by atoms with E-state index >= 15 is 0 Å².